The van der Waals surface area contributed by atoms with Crippen LogP contribution in [-0.2, 0) is 11.2 Å². The van der Waals surface area contributed by atoms with Crippen LogP contribution >= 0.6 is 35.3 Å². The largest absolute Gasteiger partial charge is 0.353 e. The van der Waals surface area contributed by atoms with Gasteiger partial charge in [-0.2, -0.15) is 0 Å². The third-order valence-corrected chi connectivity index (χ3v) is 4.65. The van der Waals surface area contributed by atoms with Gasteiger partial charge in [0.15, 0.2) is 0 Å². The van der Waals surface area contributed by atoms with Crippen molar-refractivity contribution in [2.75, 3.05) is 13.1 Å². The zero-order valence-corrected chi connectivity index (χ0v) is 13.3. The second kappa shape index (κ2) is 8.10. The number of rotatable bonds is 4. The first-order valence-electron chi connectivity index (χ1n) is 6.39. The SMILES string of the molecule is CC1CNCCC1NC(=O)CCc1ccc(Cl)s1.Cl. The molecule has 2 rings (SSSR count). The Labute approximate surface area is 129 Å². The third-order valence-electron chi connectivity index (χ3n) is 3.36. The molecule has 2 unspecified atom stereocenters. The molecule has 3 nitrogen and oxygen atoms in total. The van der Waals surface area contributed by atoms with Gasteiger partial charge in [-0.25, -0.2) is 0 Å². The number of carbonyl (C=O) groups is 1. The summed E-state index contributed by atoms with van der Waals surface area (Å²) in [6.07, 6.45) is 2.35. The van der Waals surface area contributed by atoms with Gasteiger partial charge in [0.05, 0.1) is 4.34 Å². The molecule has 0 aliphatic carbocycles. The molecular weight excluding hydrogens is 303 g/mol. The zero-order valence-electron chi connectivity index (χ0n) is 10.9. The summed E-state index contributed by atoms with van der Waals surface area (Å²) in [5, 5.41) is 6.47. The van der Waals surface area contributed by atoms with Gasteiger partial charge < -0.3 is 10.6 Å². The second-order valence-electron chi connectivity index (χ2n) is 4.85. The van der Waals surface area contributed by atoms with Gasteiger partial charge in [0.2, 0.25) is 5.91 Å². The van der Waals surface area contributed by atoms with Crippen LogP contribution in [0.2, 0.25) is 4.34 Å². The van der Waals surface area contributed by atoms with Crippen molar-refractivity contribution in [3.8, 4) is 0 Å². The topological polar surface area (TPSA) is 41.1 Å². The molecule has 2 N–H and O–H groups in total. The molecule has 1 aliphatic heterocycles. The van der Waals surface area contributed by atoms with Crippen LogP contribution in [0.25, 0.3) is 0 Å². The fourth-order valence-corrected chi connectivity index (χ4v) is 3.32. The first-order valence-corrected chi connectivity index (χ1v) is 7.59. The highest BCUT2D eigenvalue weighted by atomic mass is 35.5. The molecule has 108 valence electrons. The summed E-state index contributed by atoms with van der Waals surface area (Å²) >= 11 is 7.41. The smallest absolute Gasteiger partial charge is 0.220 e. The first-order chi connectivity index (χ1) is 8.65. The predicted molar refractivity (Wildman–Crippen MR) is 83.5 cm³/mol. The van der Waals surface area contributed by atoms with E-state index in [1.807, 2.05) is 12.1 Å². The lowest BCUT2D eigenvalue weighted by Crippen LogP contribution is -2.48. The number of nitrogens with one attached hydrogen (secondary N) is 2. The standard InChI is InChI=1S/C13H19ClN2OS.ClH/c1-9-8-15-7-6-11(9)16-13(17)5-3-10-2-4-12(14)18-10;/h2,4,9,11,15H,3,5-8H2,1H3,(H,16,17);1H. The second-order valence-corrected chi connectivity index (χ2v) is 6.65. The fraction of sp³-hybridized carbons (Fsp3) is 0.615. The average Bonchev–Trinajstić information content (AvgIpc) is 2.76. The highest BCUT2D eigenvalue weighted by molar-refractivity contribution is 7.16. The lowest BCUT2D eigenvalue weighted by atomic mass is 9.95. The fourth-order valence-electron chi connectivity index (χ4n) is 2.23. The van der Waals surface area contributed by atoms with Gasteiger partial charge in [-0.3, -0.25) is 4.79 Å². The number of carbonyl (C=O) groups excluding carboxylic acids is 1. The minimum atomic E-state index is 0. The zero-order chi connectivity index (χ0) is 13.0. The Kier molecular flexibility index (Phi) is 7.15. The monoisotopic (exact) mass is 322 g/mol. The van der Waals surface area contributed by atoms with E-state index in [9.17, 15) is 4.79 Å². The maximum atomic E-state index is 11.9. The van der Waals surface area contributed by atoms with E-state index in [0.29, 0.717) is 18.4 Å². The van der Waals surface area contributed by atoms with E-state index >= 15 is 0 Å². The van der Waals surface area contributed by atoms with E-state index in [0.717, 1.165) is 30.3 Å². The quantitative estimate of drug-likeness (QED) is 0.895. The Morgan fingerprint density at radius 2 is 2.37 bits per heavy atom. The minimum absolute atomic E-state index is 0. The van der Waals surface area contributed by atoms with Gasteiger partial charge >= 0.3 is 0 Å². The van der Waals surface area contributed by atoms with Crippen molar-refractivity contribution in [2.24, 2.45) is 5.92 Å². The summed E-state index contributed by atoms with van der Waals surface area (Å²) in [6, 6.07) is 4.20. The molecule has 0 bridgehead atoms. The first kappa shape index (κ1) is 16.8. The molecule has 1 aromatic rings. The van der Waals surface area contributed by atoms with Crippen LogP contribution in [0.15, 0.2) is 12.1 Å². The molecular formula is C13H20Cl2N2OS. The molecule has 0 saturated carbocycles. The highest BCUT2D eigenvalue weighted by Crippen LogP contribution is 2.22. The van der Waals surface area contributed by atoms with Crippen molar-refractivity contribution >= 4 is 41.3 Å². The molecule has 2 heterocycles. The highest BCUT2D eigenvalue weighted by Gasteiger charge is 2.22. The lowest BCUT2D eigenvalue weighted by molar-refractivity contribution is -0.122. The number of amides is 1. The predicted octanol–water partition coefficient (Wildman–Crippen LogP) is 2.87. The third kappa shape index (κ3) is 5.30. The normalized spacial score (nSPS) is 22.6. The molecule has 1 amide bonds. The van der Waals surface area contributed by atoms with E-state index in [-0.39, 0.29) is 18.3 Å². The Balaban J connectivity index is 0.00000180. The summed E-state index contributed by atoms with van der Waals surface area (Å²) in [7, 11) is 0. The number of piperidine rings is 1. The molecule has 1 saturated heterocycles. The molecule has 0 radical (unpaired) electrons. The number of hydrogen-bond acceptors (Lipinski definition) is 3. The minimum Gasteiger partial charge on any atom is -0.353 e. The van der Waals surface area contributed by atoms with Gasteiger partial charge in [-0.15, -0.1) is 23.7 Å². The van der Waals surface area contributed by atoms with Crippen LogP contribution in [0.4, 0.5) is 0 Å². The van der Waals surface area contributed by atoms with Gasteiger partial charge in [0, 0.05) is 17.3 Å². The van der Waals surface area contributed by atoms with E-state index in [1.165, 1.54) is 4.88 Å². The molecule has 2 atom stereocenters. The number of aryl methyl sites for hydroxylation is 1. The molecule has 19 heavy (non-hydrogen) atoms. The van der Waals surface area contributed by atoms with E-state index in [2.05, 4.69) is 17.6 Å². The number of thiophene rings is 1. The van der Waals surface area contributed by atoms with Gasteiger partial charge in [0.25, 0.3) is 0 Å². The van der Waals surface area contributed by atoms with Gasteiger partial charge in [0.1, 0.15) is 0 Å². The van der Waals surface area contributed by atoms with Crippen LogP contribution < -0.4 is 10.6 Å². The maximum Gasteiger partial charge on any atom is 0.220 e. The van der Waals surface area contributed by atoms with Crippen molar-refractivity contribution in [2.45, 2.75) is 32.2 Å². The van der Waals surface area contributed by atoms with Gasteiger partial charge in [-0.1, -0.05) is 18.5 Å². The van der Waals surface area contributed by atoms with Crippen molar-refractivity contribution < 1.29 is 4.79 Å². The summed E-state index contributed by atoms with van der Waals surface area (Å²) in [6.45, 7) is 4.16. The van der Waals surface area contributed by atoms with Crippen LogP contribution in [0.3, 0.4) is 0 Å². The van der Waals surface area contributed by atoms with Crippen LogP contribution in [0.1, 0.15) is 24.6 Å². The van der Waals surface area contributed by atoms with E-state index in [4.69, 9.17) is 11.6 Å². The van der Waals surface area contributed by atoms with Crippen molar-refractivity contribution in [3.05, 3.63) is 21.3 Å². The van der Waals surface area contributed by atoms with Gasteiger partial charge in [-0.05, 0) is 44.0 Å². The summed E-state index contributed by atoms with van der Waals surface area (Å²) < 4.78 is 0.789. The maximum absolute atomic E-state index is 11.9. The molecule has 0 aromatic carbocycles. The number of halogens is 2. The molecule has 6 heteroatoms. The Hall–Kier alpha value is -0.290. The summed E-state index contributed by atoms with van der Waals surface area (Å²) in [5.41, 5.74) is 0. The summed E-state index contributed by atoms with van der Waals surface area (Å²) in [5.74, 6) is 0.664. The van der Waals surface area contributed by atoms with E-state index < -0.39 is 0 Å². The molecule has 0 spiro atoms. The molecule has 1 fully saturated rings. The Morgan fingerprint density at radius 1 is 1.58 bits per heavy atom. The molecule has 1 aliphatic rings. The van der Waals surface area contributed by atoms with Crippen LogP contribution in [0, 0.1) is 5.92 Å². The van der Waals surface area contributed by atoms with Crippen LogP contribution in [-0.4, -0.2) is 25.0 Å². The van der Waals surface area contributed by atoms with E-state index in [1.54, 1.807) is 11.3 Å². The lowest BCUT2D eigenvalue weighted by Gasteiger charge is -2.30. The van der Waals surface area contributed by atoms with Crippen molar-refractivity contribution in [1.82, 2.24) is 10.6 Å². The summed E-state index contributed by atoms with van der Waals surface area (Å²) in [4.78, 5) is 13.1. The average molecular weight is 323 g/mol. The number of hydrogen-bond donors (Lipinski definition) is 2. The Bertz CT molecular complexity index is 411. The van der Waals surface area contributed by atoms with Crippen molar-refractivity contribution in [1.29, 1.82) is 0 Å². The van der Waals surface area contributed by atoms with Crippen molar-refractivity contribution in [3.63, 3.8) is 0 Å². The van der Waals surface area contributed by atoms with Crippen LogP contribution in [0.5, 0.6) is 0 Å². The Morgan fingerprint density at radius 3 is 3.00 bits per heavy atom. The molecule has 1 aromatic heterocycles.